The van der Waals surface area contributed by atoms with Crippen molar-refractivity contribution < 1.29 is 5.11 Å². The SMILES string of the molecule is CN1CCCCC1C(C)(C)O. The Morgan fingerprint density at radius 2 is 2.00 bits per heavy atom. The largest absolute Gasteiger partial charge is 0.389 e. The molecular weight excluding hydrogens is 138 g/mol. The first-order chi connectivity index (χ1) is 5.02. The van der Waals surface area contributed by atoms with E-state index in [2.05, 4.69) is 11.9 Å². The maximum atomic E-state index is 9.77. The summed E-state index contributed by atoms with van der Waals surface area (Å²) < 4.78 is 0. The van der Waals surface area contributed by atoms with Crippen molar-refractivity contribution in [2.45, 2.75) is 44.8 Å². The third-order valence-electron chi connectivity index (χ3n) is 2.59. The van der Waals surface area contributed by atoms with Crippen LogP contribution < -0.4 is 0 Å². The Bertz CT molecular complexity index is 128. The van der Waals surface area contributed by atoms with E-state index in [1.54, 1.807) is 0 Å². The molecule has 66 valence electrons. The van der Waals surface area contributed by atoms with Gasteiger partial charge in [-0.05, 0) is 40.3 Å². The topological polar surface area (TPSA) is 23.5 Å². The molecule has 0 bridgehead atoms. The fourth-order valence-electron chi connectivity index (χ4n) is 1.97. The van der Waals surface area contributed by atoms with Crippen LogP contribution in [0.3, 0.4) is 0 Å². The fraction of sp³-hybridized carbons (Fsp3) is 1.00. The monoisotopic (exact) mass is 157 g/mol. The number of piperidine rings is 1. The van der Waals surface area contributed by atoms with E-state index < -0.39 is 5.60 Å². The van der Waals surface area contributed by atoms with E-state index in [9.17, 15) is 5.11 Å². The zero-order valence-electron chi connectivity index (χ0n) is 7.80. The van der Waals surface area contributed by atoms with Crippen molar-refractivity contribution in [3.8, 4) is 0 Å². The van der Waals surface area contributed by atoms with Crippen molar-refractivity contribution in [3.05, 3.63) is 0 Å². The van der Waals surface area contributed by atoms with Crippen LogP contribution in [0.25, 0.3) is 0 Å². The van der Waals surface area contributed by atoms with Gasteiger partial charge in [-0.1, -0.05) is 6.42 Å². The maximum absolute atomic E-state index is 9.77. The molecule has 11 heavy (non-hydrogen) atoms. The fourth-order valence-corrected chi connectivity index (χ4v) is 1.97. The second-order valence-corrected chi connectivity index (χ2v) is 4.15. The van der Waals surface area contributed by atoms with Gasteiger partial charge in [-0.3, -0.25) is 0 Å². The molecule has 0 aromatic carbocycles. The van der Waals surface area contributed by atoms with Crippen LogP contribution in [0.15, 0.2) is 0 Å². The Hall–Kier alpha value is -0.0800. The minimum absolute atomic E-state index is 0.358. The van der Waals surface area contributed by atoms with Gasteiger partial charge < -0.3 is 10.0 Å². The molecule has 1 saturated heterocycles. The van der Waals surface area contributed by atoms with Gasteiger partial charge in [0, 0.05) is 6.04 Å². The van der Waals surface area contributed by atoms with Gasteiger partial charge in [0.15, 0.2) is 0 Å². The number of likely N-dealkylation sites (tertiary alicyclic amines) is 1. The number of likely N-dealkylation sites (N-methyl/N-ethyl adjacent to an activating group) is 1. The van der Waals surface area contributed by atoms with Crippen molar-refractivity contribution in [1.29, 1.82) is 0 Å². The first-order valence-corrected chi connectivity index (χ1v) is 4.44. The molecule has 1 fully saturated rings. The molecule has 0 aliphatic carbocycles. The minimum Gasteiger partial charge on any atom is -0.389 e. The highest BCUT2D eigenvalue weighted by Crippen LogP contribution is 2.24. The van der Waals surface area contributed by atoms with E-state index in [1.165, 1.54) is 12.8 Å². The van der Waals surface area contributed by atoms with Crippen molar-refractivity contribution in [2.24, 2.45) is 0 Å². The Morgan fingerprint density at radius 1 is 1.36 bits per heavy atom. The number of aliphatic hydroxyl groups is 1. The van der Waals surface area contributed by atoms with Gasteiger partial charge in [-0.2, -0.15) is 0 Å². The molecule has 2 heteroatoms. The molecule has 0 saturated carbocycles. The number of hydrogen-bond acceptors (Lipinski definition) is 2. The van der Waals surface area contributed by atoms with Crippen LogP contribution in [0.2, 0.25) is 0 Å². The Labute approximate surface area is 69.2 Å². The molecule has 1 atom stereocenters. The second kappa shape index (κ2) is 3.11. The van der Waals surface area contributed by atoms with Gasteiger partial charge in [0.2, 0.25) is 0 Å². The summed E-state index contributed by atoms with van der Waals surface area (Å²) in [5.74, 6) is 0. The van der Waals surface area contributed by atoms with Crippen LogP contribution in [0.4, 0.5) is 0 Å². The number of hydrogen-bond donors (Lipinski definition) is 1. The molecule has 0 aromatic heterocycles. The summed E-state index contributed by atoms with van der Waals surface area (Å²) in [6.45, 7) is 4.94. The first kappa shape index (κ1) is 9.01. The van der Waals surface area contributed by atoms with E-state index in [0.29, 0.717) is 6.04 Å². The first-order valence-electron chi connectivity index (χ1n) is 4.44. The van der Waals surface area contributed by atoms with Crippen LogP contribution in [0, 0.1) is 0 Å². The Kier molecular flexibility index (Phi) is 2.55. The van der Waals surface area contributed by atoms with Gasteiger partial charge in [-0.25, -0.2) is 0 Å². The zero-order chi connectivity index (χ0) is 8.48. The van der Waals surface area contributed by atoms with Crippen LogP contribution in [0.1, 0.15) is 33.1 Å². The van der Waals surface area contributed by atoms with Crippen LogP contribution >= 0.6 is 0 Å². The van der Waals surface area contributed by atoms with Gasteiger partial charge in [-0.15, -0.1) is 0 Å². The summed E-state index contributed by atoms with van der Waals surface area (Å²) >= 11 is 0. The molecule has 1 unspecified atom stereocenters. The third-order valence-corrected chi connectivity index (χ3v) is 2.59. The minimum atomic E-state index is -0.533. The number of rotatable bonds is 1. The molecule has 0 radical (unpaired) electrons. The quantitative estimate of drug-likeness (QED) is 0.619. The molecule has 0 spiro atoms. The summed E-state index contributed by atoms with van der Waals surface area (Å²) in [6, 6.07) is 0.358. The highest BCUT2D eigenvalue weighted by molar-refractivity contribution is 4.87. The molecule has 0 amide bonds. The van der Waals surface area contributed by atoms with Crippen molar-refractivity contribution in [3.63, 3.8) is 0 Å². The van der Waals surface area contributed by atoms with E-state index in [-0.39, 0.29) is 0 Å². The van der Waals surface area contributed by atoms with Gasteiger partial charge >= 0.3 is 0 Å². The molecule has 1 rings (SSSR count). The molecular formula is C9H19NO. The molecule has 1 aliphatic heterocycles. The zero-order valence-corrected chi connectivity index (χ0v) is 7.80. The molecule has 1 aliphatic rings. The smallest absolute Gasteiger partial charge is 0.0746 e. The van der Waals surface area contributed by atoms with Gasteiger partial charge in [0.25, 0.3) is 0 Å². The highest BCUT2D eigenvalue weighted by atomic mass is 16.3. The van der Waals surface area contributed by atoms with E-state index in [4.69, 9.17) is 0 Å². The standard InChI is InChI=1S/C9H19NO/c1-9(2,11)8-6-4-5-7-10(8)3/h8,11H,4-7H2,1-3H3. The molecule has 1 N–H and O–H groups in total. The van der Waals surface area contributed by atoms with Crippen molar-refractivity contribution in [2.75, 3.05) is 13.6 Å². The number of nitrogens with zero attached hydrogens (tertiary/aromatic N) is 1. The lowest BCUT2D eigenvalue weighted by Gasteiger charge is -2.40. The summed E-state index contributed by atoms with van der Waals surface area (Å²) in [5, 5.41) is 9.77. The molecule has 0 aromatic rings. The van der Waals surface area contributed by atoms with Crippen LogP contribution in [-0.2, 0) is 0 Å². The lowest BCUT2D eigenvalue weighted by atomic mass is 9.90. The second-order valence-electron chi connectivity index (χ2n) is 4.15. The average molecular weight is 157 g/mol. The third kappa shape index (κ3) is 2.17. The summed E-state index contributed by atoms with van der Waals surface area (Å²) in [5.41, 5.74) is -0.533. The lowest BCUT2D eigenvalue weighted by molar-refractivity contribution is -0.0259. The van der Waals surface area contributed by atoms with Crippen molar-refractivity contribution >= 4 is 0 Å². The Morgan fingerprint density at radius 3 is 2.36 bits per heavy atom. The summed E-state index contributed by atoms with van der Waals surface area (Å²) in [7, 11) is 2.10. The van der Waals surface area contributed by atoms with Crippen LogP contribution in [-0.4, -0.2) is 35.2 Å². The average Bonchev–Trinajstić information content (AvgIpc) is 1.86. The summed E-state index contributed by atoms with van der Waals surface area (Å²) in [6.07, 6.45) is 3.68. The van der Waals surface area contributed by atoms with Gasteiger partial charge in [0.1, 0.15) is 0 Å². The van der Waals surface area contributed by atoms with E-state index >= 15 is 0 Å². The summed E-state index contributed by atoms with van der Waals surface area (Å²) in [4.78, 5) is 2.27. The Balaban J connectivity index is 2.55. The normalized spacial score (nSPS) is 28.9. The molecule has 1 heterocycles. The predicted octanol–water partition coefficient (Wildman–Crippen LogP) is 1.24. The lowest BCUT2D eigenvalue weighted by Crippen LogP contribution is -2.49. The van der Waals surface area contributed by atoms with Gasteiger partial charge in [0.05, 0.1) is 5.60 Å². The predicted molar refractivity (Wildman–Crippen MR) is 46.6 cm³/mol. The van der Waals surface area contributed by atoms with E-state index in [1.807, 2.05) is 13.8 Å². The maximum Gasteiger partial charge on any atom is 0.0746 e. The van der Waals surface area contributed by atoms with E-state index in [0.717, 1.165) is 13.0 Å². The molecule has 2 nitrogen and oxygen atoms in total. The van der Waals surface area contributed by atoms with Crippen LogP contribution in [0.5, 0.6) is 0 Å². The van der Waals surface area contributed by atoms with Crippen molar-refractivity contribution in [1.82, 2.24) is 4.90 Å². The highest BCUT2D eigenvalue weighted by Gasteiger charge is 2.31.